The number of nitro groups is 1. The van der Waals surface area contributed by atoms with Gasteiger partial charge in [0.2, 0.25) is 0 Å². The molecule has 1 heterocycles. The molecule has 1 atom stereocenters. The molecule has 1 unspecified atom stereocenters. The van der Waals surface area contributed by atoms with E-state index in [4.69, 9.17) is 11.6 Å². The lowest BCUT2D eigenvalue weighted by molar-refractivity contribution is -0.384. The molecule has 0 aliphatic heterocycles. The van der Waals surface area contributed by atoms with Crippen LogP contribution in [0.5, 0.6) is 0 Å². The lowest BCUT2D eigenvalue weighted by Gasteiger charge is -2.16. The Morgan fingerprint density at radius 2 is 2.37 bits per heavy atom. The van der Waals surface area contributed by atoms with Gasteiger partial charge in [0, 0.05) is 24.5 Å². The third-order valence-electron chi connectivity index (χ3n) is 2.75. The number of hydrogen-bond acceptors (Lipinski definition) is 4. The Bertz CT molecular complexity index is 571. The molecule has 2 rings (SSSR count). The molecule has 0 fully saturated rings. The minimum absolute atomic E-state index is 0.0195. The Kier molecular flexibility index (Phi) is 4.01. The standard InChI is InChI=1S/C12H13ClN4O2/c1-2-10(12-14-5-6-15-12)16-11-4-3-8(17(18)19)7-9(11)13/h3-7,10,16H,2H2,1H3,(H,14,15). The summed E-state index contributed by atoms with van der Waals surface area (Å²) in [4.78, 5) is 17.4. The van der Waals surface area contributed by atoms with Crippen molar-refractivity contribution in [2.75, 3.05) is 5.32 Å². The summed E-state index contributed by atoms with van der Waals surface area (Å²) >= 11 is 6.04. The van der Waals surface area contributed by atoms with Crippen LogP contribution < -0.4 is 5.32 Å². The number of nitrogens with zero attached hydrogens (tertiary/aromatic N) is 2. The molecule has 0 amide bonds. The van der Waals surface area contributed by atoms with Gasteiger partial charge in [-0.2, -0.15) is 0 Å². The molecule has 1 aromatic heterocycles. The van der Waals surface area contributed by atoms with Gasteiger partial charge in [-0.3, -0.25) is 10.1 Å². The number of hydrogen-bond donors (Lipinski definition) is 2. The monoisotopic (exact) mass is 280 g/mol. The van der Waals surface area contributed by atoms with Gasteiger partial charge in [0.25, 0.3) is 5.69 Å². The van der Waals surface area contributed by atoms with Crippen molar-refractivity contribution in [3.63, 3.8) is 0 Å². The zero-order chi connectivity index (χ0) is 13.8. The van der Waals surface area contributed by atoms with E-state index in [-0.39, 0.29) is 11.7 Å². The maximum absolute atomic E-state index is 10.6. The molecule has 0 aliphatic rings. The SMILES string of the molecule is CCC(Nc1ccc([N+](=O)[O-])cc1Cl)c1ncc[nH]1. The molecule has 100 valence electrons. The van der Waals surface area contributed by atoms with Gasteiger partial charge >= 0.3 is 0 Å². The Morgan fingerprint density at radius 3 is 2.89 bits per heavy atom. The first-order valence-corrected chi connectivity index (χ1v) is 6.19. The van der Waals surface area contributed by atoms with E-state index in [0.29, 0.717) is 10.7 Å². The van der Waals surface area contributed by atoms with Gasteiger partial charge in [-0.25, -0.2) is 4.98 Å². The Labute approximate surface area is 115 Å². The minimum Gasteiger partial charge on any atom is -0.374 e. The molecule has 0 saturated carbocycles. The molecule has 1 aromatic carbocycles. The Balaban J connectivity index is 2.21. The van der Waals surface area contributed by atoms with Crippen LogP contribution in [0.4, 0.5) is 11.4 Å². The summed E-state index contributed by atoms with van der Waals surface area (Å²) in [6.07, 6.45) is 4.23. The molecule has 0 aliphatic carbocycles. The van der Waals surface area contributed by atoms with Crippen LogP contribution in [0.3, 0.4) is 0 Å². The maximum atomic E-state index is 10.6. The van der Waals surface area contributed by atoms with Crippen LogP contribution >= 0.6 is 11.6 Å². The predicted molar refractivity (Wildman–Crippen MR) is 73.3 cm³/mol. The first-order valence-electron chi connectivity index (χ1n) is 5.81. The van der Waals surface area contributed by atoms with Crippen molar-refractivity contribution < 1.29 is 4.92 Å². The van der Waals surface area contributed by atoms with Gasteiger partial charge in [-0.1, -0.05) is 18.5 Å². The number of nitro benzene ring substituents is 1. The van der Waals surface area contributed by atoms with Crippen LogP contribution in [0.25, 0.3) is 0 Å². The number of halogens is 1. The quantitative estimate of drug-likeness (QED) is 0.648. The third-order valence-corrected chi connectivity index (χ3v) is 3.06. The zero-order valence-electron chi connectivity index (χ0n) is 10.3. The number of imidazole rings is 1. The molecular weight excluding hydrogens is 268 g/mol. The summed E-state index contributed by atoms with van der Waals surface area (Å²) in [7, 11) is 0. The third kappa shape index (κ3) is 3.03. The highest BCUT2D eigenvalue weighted by Gasteiger charge is 2.15. The molecule has 0 bridgehead atoms. The smallest absolute Gasteiger partial charge is 0.271 e. The number of H-pyrrole nitrogens is 1. The van der Waals surface area contributed by atoms with E-state index < -0.39 is 4.92 Å². The number of aromatic amines is 1. The van der Waals surface area contributed by atoms with E-state index in [9.17, 15) is 10.1 Å². The summed E-state index contributed by atoms with van der Waals surface area (Å²) in [5.74, 6) is 0.803. The first kappa shape index (κ1) is 13.4. The van der Waals surface area contributed by atoms with Crippen molar-refractivity contribution in [2.24, 2.45) is 0 Å². The lowest BCUT2D eigenvalue weighted by Crippen LogP contribution is -2.11. The second kappa shape index (κ2) is 5.71. The van der Waals surface area contributed by atoms with E-state index >= 15 is 0 Å². The van der Waals surface area contributed by atoms with E-state index in [1.54, 1.807) is 18.5 Å². The van der Waals surface area contributed by atoms with Gasteiger partial charge < -0.3 is 10.3 Å². The zero-order valence-corrected chi connectivity index (χ0v) is 11.0. The highest BCUT2D eigenvalue weighted by molar-refractivity contribution is 6.33. The highest BCUT2D eigenvalue weighted by atomic mass is 35.5. The van der Waals surface area contributed by atoms with E-state index in [1.807, 2.05) is 6.92 Å². The van der Waals surface area contributed by atoms with Gasteiger partial charge in [-0.05, 0) is 12.5 Å². The van der Waals surface area contributed by atoms with Crippen LogP contribution in [-0.4, -0.2) is 14.9 Å². The Morgan fingerprint density at radius 1 is 1.58 bits per heavy atom. The normalized spacial score (nSPS) is 12.1. The summed E-state index contributed by atoms with van der Waals surface area (Å²) in [5.41, 5.74) is 0.622. The van der Waals surface area contributed by atoms with Gasteiger partial charge in [0.1, 0.15) is 5.82 Å². The summed E-state index contributed by atoms with van der Waals surface area (Å²) in [6, 6.07) is 4.34. The van der Waals surface area contributed by atoms with Crippen LogP contribution in [0.15, 0.2) is 30.6 Å². The number of aromatic nitrogens is 2. The Hall–Kier alpha value is -2.08. The number of anilines is 1. The van der Waals surface area contributed by atoms with Crippen LogP contribution in [0.1, 0.15) is 25.2 Å². The fourth-order valence-electron chi connectivity index (χ4n) is 1.75. The fraction of sp³-hybridized carbons (Fsp3) is 0.250. The molecule has 7 heteroatoms. The summed E-state index contributed by atoms with van der Waals surface area (Å²) in [5, 5.41) is 14.2. The van der Waals surface area contributed by atoms with Crippen molar-refractivity contribution in [3.8, 4) is 0 Å². The number of non-ortho nitro benzene ring substituents is 1. The van der Waals surface area contributed by atoms with Crippen LogP contribution in [-0.2, 0) is 0 Å². The van der Waals surface area contributed by atoms with Crippen molar-refractivity contribution in [2.45, 2.75) is 19.4 Å². The van der Waals surface area contributed by atoms with Crippen molar-refractivity contribution in [1.29, 1.82) is 0 Å². The molecule has 0 radical (unpaired) electrons. The van der Waals surface area contributed by atoms with Crippen LogP contribution in [0, 0.1) is 10.1 Å². The first-order chi connectivity index (χ1) is 9.11. The largest absolute Gasteiger partial charge is 0.374 e. The van der Waals surface area contributed by atoms with Gasteiger partial charge in [0.15, 0.2) is 0 Å². The molecule has 0 saturated heterocycles. The fourth-order valence-corrected chi connectivity index (χ4v) is 1.98. The lowest BCUT2D eigenvalue weighted by atomic mass is 10.2. The van der Waals surface area contributed by atoms with Crippen molar-refractivity contribution in [3.05, 3.63) is 51.6 Å². The maximum Gasteiger partial charge on any atom is 0.271 e. The minimum atomic E-state index is -0.473. The average molecular weight is 281 g/mol. The van der Waals surface area contributed by atoms with E-state index in [2.05, 4.69) is 15.3 Å². The summed E-state index contributed by atoms with van der Waals surface area (Å²) < 4.78 is 0. The summed E-state index contributed by atoms with van der Waals surface area (Å²) in [6.45, 7) is 2.01. The molecule has 0 spiro atoms. The van der Waals surface area contributed by atoms with Crippen LogP contribution in [0.2, 0.25) is 5.02 Å². The highest BCUT2D eigenvalue weighted by Crippen LogP contribution is 2.29. The number of rotatable bonds is 5. The molecule has 19 heavy (non-hydrogen) atoms. The second-order valence-electron chi connectivity index (χ2n) is 4.00. The van der Waals surface area contributed by atoms with E-state index in [0.717, 1.165) is 12.2 Å². The van der Waals surface area contributed by atoms with Gasteiger partial charge in [-0.15, -0.1) is 0 Å². The molecule has 2 aromatic rings. The average Bonchev–Trinajstić information content (AvgIpc) is 2.91. The predicted octanol–water partition coefficient (Wildman–Crippen LogP) is 3.53. The molecular formula is C12H13ClN4O2. The number of nitrogens with one attached hydrogen (secondary N) is 2. The van der Waals surface area contributed by atoms with Crippen molar-refractivity contribution in [1.82, 2.24) is 9.97 Å². The second-order valence-corrected chi connectivity index (χ2v) is 4.41. The molecule has 6 nitrogen and oxygen atoms in total. The van der Waals surface area contributed by atoms with Gasteiger partial charge in [0.05, 0.1) is 21.7 Å². The topological polar surface area (TPSA) is 83.8 Å². The molecule has 2 N–H and O–H groups in total. The van der Waals surface area contributed by atoms with Crippen molar-refractivity contribution >= 4 is 23.0 Å². The van der Waals surface area contributed by atoms with E-state index in [1.165, 1.54) is 12.1 Å². The number of benzene rings is 1.